The van der Waals surface area contributed by atoms with Crippen LogP contribution in [0.3, 0.4) is 0 Å². The van der Waals surface area contributed by atoms with Crippen LogP contribution in [0, 0.1) is 18.2 Å². The van der Waals surface area contributed by atoms with Gasteiger partial charge in [0.15, 0.2) is 0 Å². The summed E-state index contributed by atoms with van der Waals surface area (Å²) < 4.78 is 13.7. The van der Waals surface area contributed by atoms with E-state index < -0.39 is 5.41 Å². The van der Waals surface area contributed by atoms with Gasteiger partial charge in [-0.3, -0.25) is 4.79 Å². The topological polar surface area (TPSA) is 20.3 Å². The zero-order valence-corrected chi connectivity index (χ0v) is 16.3. The fourth-order valence-corrected chi connectivity index (χ4v) is 2.92. The molecule has 0 aliphatic rings. The highest BCUT2D eigenvalue weighted by molar-refractivity contribution is 5.97. The summed E-state index contributed by atoms with van der Waals surface area (Å²) in [5.41, 5.74) is 0.953. The first-order chi connectivity index (χ1) is 11.2. The van der Waals surface area contributed by atoms with E-state index in [2.05, 4.69) is 13.8 Å². The summed E-state index contributed by atoms with van der Waals surface area (Å²) >= 11 is 0. The molecule has 1 amide bonds. The van der Waals surface area contributed by atoms with Crippen LogP contribution >= 0.6 is 0 Å². The third kappa shape index (κ3) is 5.61. The highest BCUT2D eigenvalue weighted by Gasteiger charge is 2.32. The molecule has 0 saturated carbocycles. The molecule has 1 aromatic rings. The van der Waals surface area contributed by atoms with E-state index in [1.807, 2.05) is 31.7 Å². The Morgan fingerprint density at radius 2 is 1.67 bits per heavy atom. The molecular weight excluding hydrogens is 301 g/mol. The first kappa shape index (κ1) is 20.7. The van der Waals surface area contributed by atoms with E-state index in [1.165, 1.54) is 6.07 Å². The predicted molar refractivity (Wildman–Crippen MR) is 101 cm³/mol. The molecule has 0 spiro atoms. The Morgan fingerprint density at radius 1 is 1.12 bits per heavy atom. The summed E-state index contributed by atoms with van der Waals surface area (Å²) in [6.07, 6.45) is 6.42. The van der Waals surface area contributed by atoms with Gasteiger partial charge in [-0.15, -0.1) is 0 Å². The van der Waals surface area contributed by atoms with Gasteiger partial charge in [-0.25, -0.2) is 4.39 Å². The lowest BCUT2D eigenvalue weighted by Gasteiger charge is -2.37. The lowest BCUT2D eigenvalue weighted by atomic mass is 9.91. The molecule has 1 aromatic carbocycles. The Kier molecular flexibility index (Phi) is 7.92. The number of carbonyl (C=O) groups is 1. The van der Waals surface area contributed by atoms with Gasteiger partial charge in [0.05, 0.1) is 0 Å². The van der Waals surface area contributed by atoms with Crippen LogP contribution in [0.15, 0.2) is 18.2 Å². The van der Waals surface area contributed by atoms with Crippen LogP contribution in [-0.4, -0.2) is 11.9 Å². The maximum Gasteiger partial charge on any atom is 0.232 e. The van der Waals surface area contributed by atoms with Gasteiger partial charge < -0.3 is 4.90 Å². The minimum Gasteiger partial charge on any atom is -0.309 e. The first-order valence-corrected chi connectivity index (χ1v) is 9.32. The first-order valence-electron chi connectivity index (χ1n) is 9.32. The maximum absolute atomic E-state index is 13.7. The van der Waals surface area contributed by atoms with Crippen molar-refractivity contribution in [2.45, 2.75) is 86.1 Å². The highest BCUT2D eigenvalue weighted by Crippen LogP contribution is 2.30. The fourth-order valence-electron chi connectivity index (χ4n) is 2.92. The van der Waals surface area contributed by atoms with Crippen LogP contribution in [-0.2, 0) is 4.79 Å². The molecule has 0 bridgehead atoms. The second-order valence-electron chi connectivity index (χ2n) is 7.80. The number of hydrogen-bond donors (Lipinski definition) is 0. The van der Waals surface area contributed by atoms with Crippen LogP contribution in [0.4, 0.5) is 10.1 Å². The average Bonchev–Trinajstić information content (AvgIpc) is 2.51. The van der Waals surface area contributed by atoms with Gasteiger partial charge in [0.2, 0.25) is 5.91 Å². The lowest BCUT2D eigenvalue weighted by molar-refractivity contribution is -0.126. The van der Waals surface area contributed by atoms with Crippen LogP contribution in [0.1, 0.15) is 78.7 Å². The summed E-state index contributed by atoms with van der Waals surface area (Å²) in [7, 11) is 0. The number of halogens is 1. The zero-order chi connectivity index (χ0) is 18.3. The van der Waals surface area contributed by atoms with Crippen LogP contribution in [0.5, 0.6) is 0 Å². The summed E-state index contributed by atoms with van der Waals surface area (Å²) in [5, 5.41) is 0. The van der Waals surface area contributed by atoms with E-state index in [0.717, 1.165) is 44.2 Å². The van der Waals surface area contributed by atoms with Gasteiger partial charge in [-0.05, 0) is 43.5 Å². The molecule has 0 fully saturated rings. The van der Waals surface area contributed by atoms with Gasteiger partial charge in [0.1, 0.15) is 5.82 Å². The van der Waals surface area contributed by atoms with Crippen molar-refractivity contribution in [3.63, 3.8) is 0 Å². The van der Waals surface area contributed by atoms with Gasteiger partial charge in [-0.1, -0.05) is 60.3 Å². The second kappa shape index (κ2) is 9.19. The van der Waals surface area contributed by atoms with Gasteiger partial charge in [0.25, 0.3) is 0 Å². The third-order valence-corrected chi connectivity index (χ3v) is 4.43. The average molecular weight is 336 g/mol. The highest BCUT2D eigenvalue weighted by atomic mass is 19.1. The Balaban J connectivity index is 3.27. The second-order valence-corrected chi connectivity index (χ2v) is 7.80. The fraction of sp³-hybridized carbons (Fsp3) is 0.667. The van der Waals surface area contributed by atoms with Crippen molar-refractivity contribution in [3.8, 4) is 0 Å². The largest absolute Gasteiger partial charge is 0.309 e. The Labute approximate surface area is 147 Å². The van der Waals surface area contributed by atoms with Crippen molar-refractivity contribution >= 4 is 11.6 Å². The predicted octanol–water partition coefficient (Wildman–Crippen LogP) is 6.26. The van der Waals surface area contributed by atoms with E-state index in [0.29, 0.717) is 5.56 Å². The zero-order valence-electron chi connectivity index (χ0n) is 16.3. The molecule has 0 N–H and O–H groups in total. The summed E-state index contributed by atoms with van der Waals surface area (Å²) in [6, 6.07) is 5.21. The van der Waals surface area contributed by atoms with Crippen molar-refractivity contribution < 1.29 is 9.18 Å². The smallest absolute Gasteiger partial charge is 0.232 e. The van der Waals surface area contributed by atoms with Crippen LogP contribution < -0.4 is 4.90 Å². The maximum atomic E-state index is 13.7. The Hall–Kier alpha value is -1.38. The number of benzene rings is 1. The number of nitrogens with zero attached hydrogens (tertiary/aromatic N) is 1. The molecule has 3 heteroatoms. The van der Waals surface area contributed by atoms with E-state index >= 15 is 0 Å². The molecular formula is C21H34FNO. The van der Waals surface area contributed by atoms with E-state index in [4.69, 9.17) is 0 Å². The molecule has 0 saturated heterocycles. The number of rotatable bonds is 8. The number of unbranched alkanes of at least 4 members (excludes halogenated alkanes) is 2. The van der Waals surface area contributed by atoms with Crippen LogP contribution in [0.25, 0.3) is 0 Å². The molecule has 0 atom stereocenters. The SMILES string of the molecule is CCCCC(CCCC)N(C(=O)C(C)(C)C)c1ccc(F)c(C)c1. The van der Waals surface area contributed by atoms with Crippen molar-refractivity contribution in [1.29, 1.82) is 0 Å². The molecule has 2 nitrogen and oxygen atoms in total. The molecule has 0 heterocycles. The molecule has 0 unspecified atom stereocenters. The quantitative estimate of drug-likeness (QED) is 0.549. The molecule has 0 radical (unpaired) electrons. The minimum absolute atomic E-state index is 0.116. The van der Waals surface area contributed by atoms with E-state index in [-0.39, 0.29) is 17.8 Å². The number of aryl methyl sites for hydroxylation is 1. The molecule has 24 heavy (non-hydrogen) atoms. The number of carbonyl (C=O) groups excluding carboxylic acids is 1. The Morgan fingerprint density at radius 3 is 2.08 bits per heavy atom. The monoisotopic (exact) mass is 335 g/mol. The summed E-state index contributed by atoms with van der Waals surface area (Å²) in [5.74, 6) is -0.105. The van der Waals surface area contributed by atoms with E-state index in [9.17, 15) is 9.18 Å². The molecule has 0 aromatic heterocycles. The third-order valence-electron chi connectivity index (χ3n) is 4.43. The summed E-state index contributed by atoms with van der Waals surface area (Å²) in [6.45, 7) is 12.0. The van der Waals surface area contributed by atoms with Crippen molar-refractivity contribution in [2.75, 3.05) is 4.90 Å². The normalized spacial score (nSPS) is 11.8. The van der Waals surface area contributed by atoms with Crippen molar-refractivity contribution in [3.05, 3.63) is 29.6 Å². The standard InChI is InChI=1S/C21H34FNO/c1-7-9-11-17(12-10-8-2)23(20(24)21(4,5)6)18-13-14-19(22)16(3)15-18/h13-15,17H,7-12H2,1-6H3. The van der Waals surface area contributed by atoms with Crippen molar-refractivity contribution in [1.82, 2.24) is 0 Å². The Bertz CT molecular complexity index is 525. The minimum atomic E-state index is -0.459. The van der Waals surface area contributed by atoms with Crippen LogP contribution in [0.2, 0.25) is 0 Å². The summed E-state index contributed by atoms with van der Waals surface area (Å²) in [4.78, 5) is 15.1. The van der Waals surface area contributed by atoms with Gasteiger partial charge >= 0.3 is 0 Å². The van der Waals surface area contributed by atoms with Gasteiger partial charge in [-0.2, -0.15) is 0 Å². The van der Waals surface area contributed by atoms with Crippen molar-refractivity contribution in [2.24, 2.45) is 5.41 Å². The number of anilines is 1. The molecule has 1 rings (SSSR count). The molecule has 0 aliphatic carbocycles. The molecule has 136 valence electrons. The van der Waals surface area contributed by atoms with E-state index in [1.54, 1.807) is 13.0 Å². The molecule has 0 aliphatic heterocycles. The number of amides is 1. The van der Waals surface area contributed by atoms with Gasteiger partial charge in [0, 0.05) is 17.1 Å². The number of hydrogen-bond acceptors (Lipinski definition) is 1. The lowest BCUT2D eigenvalue weighted by Crippen LogP contribution is -2.46.